The van der Waals surface area contributed by atoms with E-state index in [1.807, 2.05) is 0 Å². The van der Waals surface area contributed by atoms with Gasteiger partial charge in [0.1, 0.15) is 5.82 Å². The van der Waals surface area contributed by atoms with Crippen LogP contribution in [-0.2, 0) is 0 Å². The molecule has 13 heavy (non-hydrogen) atoms. The molecule has 0 aliphatic heterocycles. The molecule has 0 aromatic carbocycles. The van der Waals surface area contributed by atoms with Crippen LogP contribution in [0.15, 0.2) is 35.4 Å². The highest BCUT2D eigenvalue weighted by molar-refractivity contribution is 5.73. The molecule has 2 heterocycles. The van der Waals surface area contributed by atoms with Gasteiger partial charge in [-0.1, -0.05) is 0 Å². The van der Waals surface area contributed by atoms with Crippen LogP contribution in [0.25, 0.3) is 11.0 Å². The van der Waals surface area contributed by atoms with Crippen LogP contribution in [0.5, 0.6) is 0 Å². The zero-order chi connectivity index (χ0) is 9.26. The molecule has 0 atom stereocenters. The van der Waals surface area contributed by atoms with Crippen molar-refractivity contribution in [3.63, 3.8) is 0 Å². The van der Waals surface area contributed by atoms with E-state index in [4.69, 9.17) is 0 Å². The van der Waals surface area contributed by atoms with Crippen LogP contribution in [0.1, 0.15) is 0 Å². The molecule has 0 fully saturated rings. The summed E-state index contributed by atoms with van der Waals surface area (Å²) in [5.41, 5.74) is 0.141. The molecular weight excluding hydrogens is 171 g/mol. The number of nitrogens with zero attached hydrogens (tertiary/aromatic N) is 2. The molecule has 4 heteroatoms. The zero-order valence-corrected chi connectivity index (χ0v) is 6.57. The maximum absolute atomic E-state index is 12.7. The van der Waals surface area contributed by atoms with Crippen LogP contribution in [0, 0.1) is 5.82 Å². The molecule has 64 valence electrons. The molecule has 0 radical (unpaired) electrons. The van der Waals surface area contributed by atoms with Crippen molar-refractivity contribution >= 4 is 11.0 Å². The topological polar surface area (TPSA) is 42.9 Å². The van der Waals surface area contributed by atoms with Gasteiger partial charge in [-0.2, -0.15) is 0 Å². The molecule has 0 saturated heterocycles. The van der Waals surface area contributed by atoms with E-state index < -0.39 is 5.82 Å². The summed E-state index contributed by atoms with van der Waals surface area (Å²) in [6.07, 6.45) is 2.23. The molecule has 0 N–H and O–H groups in total. The third kappa shape index (κ3) is 1.51. The average molecular weight is 176 g/mol. The number of hydrogen-bond acceptors (Lipinski definition) is 3. The molecule has 3 nitrogen and oxygen atoms in total. The lowest BCUT2D eigenvalue weighted by atomic mass is 10.3. The van der Waals surface area contributed by atoms with Crippen molar-refractivity contribution in [2.45, 2.75) is 0 Å². The summed E-state index contributed by atoms with van der Waals surface area (Å²) in [6, 6.07) is 4.12. The van der Waals surface area contributed by atoms with Crippen molar-refractivity contribution in [1.82, 2.24) is 9.97 Å². The van der Waals surface area contributed by atoms with Gasteiger partial charge in [-0.25, -0.2) is 14.4 Å². The molecule has 0 aliphatic carbocycles. The molecular formula is C9H5FN2O. The Labute approximate surface area is 72.9 Å². The van der Waals surface area contributed by atoms with Crippen LogP contribution in [0.3, 0.4) is 0 Å². The first-order valence-corrected chi connectivity index (χ1v) is 3.67. The summed E-state index contributed by atoms with van der Waals surface area (Å²) in [5.74, 6) is -0.437. The van der Waals surface area contributed by atoms with Gasteiger partial charge in [0.15, 0.2) is 11.1 Å². The smallest absolute Gasteiger partial charge is 0.196 e. The van der Waals surface area contributed by atoms with E-state index in [1.54, 1.807) is 0 Å². The number of pyridine rings is 1. The van der Waals surface area contributed by atoms with E-state index >= 15 is 0 Å². The van der Waals surface area contributed by atoms with Crippen LogP contribution >= 0.6 is 0 Å². The maximum Gasteiger partial charge on any atom is 0.196 e. The third-order valence-corrected chi connectivity index (χ3v) is 1.60. The highest BCUT2D eigenvalue weighted by Crippen LogP contribution is 2.06. The Morgan fingerprint density at radius 2 is 1.92 bits per heavy atom. The summed E-state index contributed by atoms with van der Waals surface area (Å²) in [5, 5.41) is 0.516. The number of rotatable bonds is 0. The summed E-state index contributed by atoms with van der Waals surface area (Å²) in [7, 11) is 0. The standard InChI is InChI=1S/C9H5FN2O/c10-7-3-6-1-2-8(13)5-12-9(6)11-4-7/h1-5H. The summed E-state index contributed by atoms with van der Waals surface area (Å²) in [4.78, 5) is 18.4. The van der Waals surface area contributed by atoms with Gasteiger partial charge in [0.05, 0.1) is 12.4 Å². The van der Waals surface area contributed by atoms with E-state index in [2.05, 4.69) is 9.97 Å². The van der Waals surface area contributed by atoms with Crippen LogP contribution < -0.4 is 5.43 Å². The average Bonchev–Trinajstić information content (AvgIpc) is 2.29. The van der Waals surface area contributed by atoms with E-state index in [-0.39, 0.29) is 5.43 Å². The highest BCUT2D eigenvalue weighted by atomic mass is 19.1. The Morgan fingerprint density at radius 3 is 2.77 bits per heavy atom. The van der Waals surface area contributed by atoms with Gasteiger partial charge in [-0.3, -0.25) is 4.79 Å². The SMILES string of the molecule is O=c1ccc2cc(F)cnc2nc1. The number of halogens is 1. The van der Waals surface area contributed by atoms with Crippen molar-refractivity contribution in [1.29, 1.82) is 0 Å². The van der Waals surface area contributed by atoms with Gasteiger partial charge in [0.2, 0.25) is 0 Å². The van der Waals surface area contributed by atoms with E-state index in [9.17, 15) is 9.18 Å². The maximum atomic E-state index is 12.7. The van der Waals surface area contributed by atoms with Gasteiger partial charge in [-0.15, -0.1) is 0 Å². The third-order valence-electron chi connectivity index (χ3n) is 1.60. The molecule has 2 rings (SSSR count). The lowest BCUT2D eigenvalue weighted by Gasteiger charge is -1.89. The minimum absolute atomic E-state index is 0.224. The van der Waals surface area contributed by atoms with Crippen molar-refractivity contribution in [3.8, 4) is 0 Å². The zero-order valence-electron chi connectivity index (χ0n) is 6.57. The quantitative estimate of drug-likeness (QED) is 0.604. The van der Waals surface area contributed by atoms with Crippen molar-refractivity contribution in [3.05, 3.63) is 46.6 Å². The molecule has 0 spiro atoms. The fraction of sp³-hybridized carbons (Fsp3) is 0. The Kier molecular flexibility index (Phi) is 1.73. The molecule has 0 amide bonds. The van der Waals surface area contributed by atoms with Gasteiger partial charge < -0.3 is 0 Å². The molecule has 0 unspecified atom stereocenters. The Morgan fingerprint density at radius 1 is 1.15 bits per heavy atom. The fourth-order valence-corrected chi connectivity index (χ4v) is 1.02. The fourth-order valence-electron chi connectivity index (χ4n) is 1.02. The lowest BCUT2D eigenvalue weighted by molar-refractivity contribution is 0.624. The number of aromatic nitrogens is 2. The summed E-state index contributed by atoms with van der Waals surface area (Å²) < 4.78 is 12.7. The number of fused-ring (bicyclic) bond motifs is 1. The van der Waals surface area contributed by atoms with Crippen molar-refractivity contribution in [2.24, 2.45) is 0 Å². The second-order valence-corrected chi connectivity index (χ2v) is 2.56. The van der Waals surface area contributed by atoms with E-state index in [0.717, 1.165) is 12.4 Å². The van der Waals surface area contributed by atoms with E-state index in [0.29, 0.717) is 11.0 Å². The van der Waals surface area contributed by atoms with Gasteiger partial charge >= 0.3 is 0 Å². The summed E-state index contributed by atoms with van der Waals surface area (Å²) in [6.45, 7) is 0. The first-order chi connectivity index (χ1) is 6.25. The first kappa shape index (κ1) is 7.79. The monoisotopic (exact) mass is 176 g/mol. The predicted octanol–water partition coefficient (Wildman–Crippen LogP) is 1.13. The predicted molar refractivity (Wildman–Crippen MR) is 45.8 cm³/mol. The molecule has 2 aromatic rings. The van der Waals surface area contributed by atoms with Gasteiger partial charge in [0, 0.05) is 5.39 Å². The Bertz CT molecular complexity index is 513. The minimum Gasteiger partial charge on any atom is -0.288 e. The Hall–Kier alpha value is -1.84. The largest absolute Gasteiger partial charge is 0.288 e. The normalized spacial score (nSPS) is 10.2. The minimum atomic E-state index is -0.437. The van der Waals surface area contributed by atoms with Crippen LogP contribution in [0.4, 0.5) is 4.39 Å². The molecule has 0 bridgehead atoms. The Balaban J connectivity index is 2.90. The first-order valence-electron chi connectivity index (χ1n) is 3.67. The van der Waals surface area contributed by atoms with Crippen LogP contribution in [0.2, 0.25) is 0 Å². The van der Waals surface area contributed by atoms with Crippen molar-refractivity contribution in [2.75, 3.05) is 0 Å². The second kappa shape index (κ2) is 2.90. The molecule has 0 aliphatic rings. The number of hydrogen-bond donors (Lipinski definition) is 0. The van der Waals surface area contributed by atoms with Crippen molar-refractivity contribution < 1.29 is 4.39 Å². The lowest BCUT2D eigenvalue weighted by Crippen LogP contribution is -1.90. The van der Waals surface area contributed by atoms with Crippen LogP contribution in [-0.4, -0.2) is 9.97 Å². The van der Waals surface area contributed by atoms with Gasteiger partial charge in [0.25, 0.3) is 0 Å². The second-order valence-electron chi connectivity index (χ2n) is 2.56. The molecule has 2 aromatic heterocycles. The highest BCUT2D eigenvalue weighted by Gasteiger charge is 1.95. The summed E-state index contributed by atoms with van der Waals surface area (Å²) >= 11 is 0. The molecule has 0 saturated carbocycles. The van der Waals surface area contributed by atoms with Gasteiger partial charge in [-0.05, 0) is 18.2 Å². The van der Waals surface area contributed by atoms with E-state index in [1.165, 1.54) is 18.2 Å².